The molecule has 19 heavy (non-hydrogen) atoms. The van der Waals surface area contributed by atoms with E-state index in [9.17, 15) is 22.7 Å². The smallest absolute Gasteiger partial charge is 0.387 e. The first-order valence-corrected chi connectivity index (χ1v) is 5.26. The van der Waals surface area contributed by atoms with E-state index in [1.165, 1.54) is 13.1 Å². The van der Waals surface area contributed by atoms with Crippen LogP contribution in [0.25, 0.3) is 5.69 Å². The predicted molar refractivity (Wildman–Crippen MR) is 57.0 cm³/mol. The molecule has 102 valence electrons. The van der Waals surface area contributed by atoms with Gasteiger partial charge in [-0.2, -0.15) is 13.2 Å². The summed E-state index contributed by atoms with van der Waals surface area (Å²) >= 11 is 0. The number of aromatic nitrogens is 3. The van der Waals surface area contributed by atoms with Gasteiger partial charge in [0.25, 0.3) is 0 Å². The third-order valence-electron chi connectivity index (χ3n) is 2.46. The molecule has 0 aliphatic heterocycles. The second kappa shape index (κ2) is 4.61. The summed E-state index contributed by atoms with van der Waals surface area (Å²) < 4.78 is 52.0. The minimum absolute atomic E-state index is 0.136. The average Bonchev–Trinajstić information content (AvgIpc) is 2.77. The lowest BCUT2D eigenvalue weighted by Crippen LogP contribution is -2.08. The molecule has 1 N–H and O–H groups in total. The van der Waals surface area contributed by atoms with E-state index in [1.54, 1.807) is 0 Å². The van der Waals surface area contributed by atoms with Crippen LogP contribution in [0.2, 0.25) is 0 Å². The van der Waals surface area contributed by atoms with Crippen LogP contribution in [-0.4, -0.2) is 20.1 Å². The first kappa shape index (κ1) is 13.5. The number of hydrogen-bond donors (Lipinski definition) is 1. The van der Waals surface area contributed by atoms with Gasteiger partial charge in [-0.05, 0) is 25.1 Å². The number of alkyl halides is 3. The van der Waals surface area contributed by atoms with Crippen LogP contribution in [0.5, 0.6) is 0 Å². The van der Waals surface area contributed by atoms with Crippen LogP contribution in [0.15, 0.2) is 24.4 Å². The van der Waals surface area contributed by atoms with Crippen LogP contribution < -0.4 is 0 Å². The Labute approximate surface area is 105 Å². The highest BCUT2D eigenvalue weighted by Crippen LogP contribution is 2.31. The zero-order chi connectivity index (χ0) is 14.2. The molecule has 0 saturated heterocycles. The molecule has 0 aliphatic carbocycles. The van der Waals surface area contributed by atoms with Crippen molar-refractivity contribution in [3.8, 4) is 5.69 Å². The molecule has 0 amide bonds. The van der Waals surface area contributed by atoms with E-state index < -0.39 is 23.7 Å². The van der Waals surface area contributed by atoms with Crippen LogP contribution in [0.4, 0.5) is 17.6 Å². The number of halogens is 4. The predicted octanol–water partition coefficient (Wildman–Crippen LogP) is 2.48. The maximum absolute atomic E-state index is 13.5. The van der Waals surface area contributed by atoms with E-state index in [0.717, 1.165) is 4.68 Å². The molecule has 0 spiro atoms. The summed E-state index contributed by atoms with van der Waals surface area (Å²) in [6.07, 6.45) is -4.35. The summed E-state index contributed by atoms with van der Waals surface area (Å²) in [5.41, 5.74) is -1.23. The lowest BCUT2D eigenvalue weighted by atomic mass is 10.2. The summed E-state index contributed by atoms with van der Waals surface area (Å²) in [5.74, 6) is -0.866. The Morgan fingerprint density at radius 3 is 2.53 bits per heavy atom. The molecule has 0 radical (unpaired) electrons. The van der Waals surface area contributed by atoms with Crippen molar-refractivity contribution < 1.29 is 22.7 Å². The largest absolute Gasteiger partial charge is 0.416 e. The first-order valence-electron chi connectivity index (χ1n) is 5.26. The molecular formula is C11H9F4N3O. The third kappa shape index (κ3) is 2.73. The average molecular weight is 275 g/mol. The van der Waals surface area contributed by atoms with E-state index in [1.807, 2.05) is 0 Å². The Balaban J connectivity index is 2.48. The van der Waals surface area contributed by atoms with E-state index in [2.05, 4.69) is 10.3 Å². The highest BCUT2D eigenvalue weighted by Gasteiger charge is 2.31. The molecule has 0 aliphatic rings. The van der Waals surface area contributed by atoms with Crippen molar-refractivity contribution in [1.82, 2.24) is 15.0 Å². The minimum atomic E-state index is -4.57. The zero-order valence-corrected chi connectivity index (χ0v) is 9.69. The molecule has 1 unspecified atom stereocenters. The topological polar surface area (TPSA) is 50.9 Å². The van der Waals surface area contributed by atoms with E-state index in [0.29, 0.717) is 18.2 Å². The highest BCUT2D eigenvalue weighted by molar-refractivity contribution is 5.38. The first-order chi connectivity index (χ1) is 8.79. The van der Waals surface area contributed by atoms with Gasteiger partial charge in [0.15, 0.2) is 0 Å². The number of rotatable bonds is 2. The molecule has 0 bridgehead atoms. The van der Waals surface area contributed by atoms with Gasteiger partial charge in [-0.25, -0.2) is 9.07 Å². The van der Waals surface area contributed by atoms with Gasteiger partial charge >= 0.3 is 6.18 Å². The molecule has 2 rings (SSSR count). The molecule has 4 nitrogen and oxygen atoms in total. The summed E-state index contributed by atoms with van der Waals surface area (Å²) in [6.45, 7) is 1.41. The molecule has 0 fully saturated rings. The van der Waals surface area contributed by atoms with Gasteiger partial charge in [0.05, 0.1) is 17.9 Å². The Kier molecular flexibility index (Phi) is 3.27. The van der Waals surface area contributed by atoms with E-state index >= 15 is 0 Å². The maximum Gasteiger partial charge on any atom is 0.416 e. The fraction of sp³-hybridized carbons (Fsp3) is 0.273. The Morgan fingerprint density at radius 1 is 1.32 bits per heavy atom. The number of hydrogen-bond acceptors (Lipinski definition) is 3. The monoisotopic (exact) mass is 275 g/mol. The highest BCUT2D eigenvalue weighted by atomic mass is 19.4. The molecule has 1 aromatic heterocycles. The van der Waals surface area contributed by atoms with E-state index in [-0.39, 0.29) is 11.4 Å². The lowest BCUT2D eigenvalue weighted by molar-refractivity contribution is -0.137. The number of aliphatic hydroxyl groups is 1. The standard InChI is InChI=1S/C11H9F4N3O/c1-6(19)9-5-18(17-16-9)10-4-7(11(13,14)15)2-3-8(10)12/h2-6,19H,1H3. The minimum Gasteiger partial charge on any atom is -0.387 e. The van der Waals surface area contributed by atoms with Gasteiger partial charge in [0, 0.05) is 0 Å². The van der Waals surface area contributed by atoms with Gasteiger partial charge in [0.2, 0.25) is 0 Å². The molecule has 8 heteroatoms. The van der Waals surface area contributed by atoms with Gasteiger partial charge in [-0.15, -0.1) is 5.10 Å². The van der Waals surface area contributed by atoms with Crippen molar-refractivity contribution >= 4 is 0 Å². The van der Waals surface area contributed by atoms with Crippen molar-refractivity contribution in [2.45, 2.75) is 19.2 Å². The van der Waals surface area contributed by atoms with Crippen LogP contribution in [0.3, 0.4) is 0 Å². The molecule has 0 saturated carbocycles. The van der Waals surface area contributed by atoms with Gasteiger partial charge in [0.1, 0.15) is 17.2 Å². The molecule has 2 aromatic rings. The Bertz CT molecular complexity index is 592. The Morgan fingerprint density at radius 2 is 2.00 bits per heavy atom. The third-order valence-corrected chi connectivity index (χ3v) is 2.46. The number of aliphatic hydroxyl groups excluding tert-OH is 1. The zero-order valence-electron chi connectivity index (χ0n) is 9.69. The Hall–Kier alpha value is -1.96. The SMILES string of the molecule is CC(O)c1cn(-c2cc(C(F)(F)F)ccc2F)nn1. The maximum atomic E-state index is 13.5. The molecular weight excluding hydrogens is 266 g/mol. The van der Waals surface area contributed by atoms with E-state index in [4.69, 9.17) is 0 Å². The van der Waals surface area contributed by atoms with Crippen molar-refractivity contribution in [2.24, 2.45) is 0 Å². The van der Waals surface area contributed by atoms with Gasteiger partial charge in [-0.1, -0.05) is 5.21 Å². The molecule has 1 atom stereocenters. The second-order valence-electron chi connectivity index (χ2n) is 3.93. The van der Waals surface area contributed by atoms with Crippen molar-refractivity contribution in [3.63, 3.8) is 0 Å². The van der Waals surface area contributed by atoms with Crippen LogP contribution >= 0.6 is 0 Å². The normalized spacial score (nSPS) is 13.6. The fourth-order valence-electron chi connectivity index (χ4n) is 1.45. The van der Waals surface area contributed by atoms with Gasteiger partial charge in [-0.3, -0.25) is 0 Å². The molecule has 1 aromatic carbocycles. The van der Waals surface area contributed by atoms with Crippen LogP contribution in [-0.2, 0) is 6.18 Å². The van der Waals surface area contributed by atoms with Crippen LogP contribution in [0.1, 0.15) is 24.3 Å². The summed E-state index contributed by atoms with van der Waals surface area (Å²) in [7, 11) is 0. The second-order valence-corrected chi connectivity index (χ2v) is 3.93. The van der Waals surface area contributed by atoms with Crippen molar-refractivity contribution in [1.29, 1.82) is 0 Å². The molecule has 1 heterocycles. The van der Waals surface area contributed by atoms with Crippen LogP contribution in [0, 0.1) is 5.82 Å². The number of benzene rings is 1. The summed E-state index contributed by atoms with van der Waals surface area (Å²) in [5, 5.41) is 16.3. The quantitative estimate of drug-likeness (QED) is 0.857. The summed E-state index contributed by atoms with van der Waals surface area (Å²) in [4.78, 5) is 0. The van der Waals surface area contributed by atoms with Crippen molar-refractivity contribution in [3.05, 3.63) is 41.5 Å². The fourth-order valence-corrected chi connectivity index (χ4v) is 1.45. The summed E-state index contributed by atoms with van der Waals surface area (Å²) in [6, 6.07) is 1.99. The lowest BCUT2D eigenvalue weighted by Gasteiger charge is -2.09. The van der Waals surface area contributed by atoms with Crippen molar-refractivity contribution in [2.75, 3.05) is 0 Å². The van der Waals surface area contributed by atoms with Gasteiger partial charge < -0.3 is 5.11 Å². The number of nitrogens with zero attached hydrogens (tertiary/aromatic N) is 3.